The van der Waals surface area contributed by atoms with Gasteiger partial charge in [0.1, 0.15) is 17.4 Å². The number of aryl methyl sites for hydroxylation is 1. The molecule has 7 nitrogen and oxygen atoms in total. The summed E-state index contributed by atoms with van der Waals surface area (Å²) in [6, 6.07) is -0.451. The van der Waals surface area contributed by atoms with Crippen LogP contribution in [-0.2, 0) is 4.79 Å². The van der Waals surface area contributed by atoms with E-state index in [1.165, 1.54) is 8.86 Å². The molecule has 1 saturated heterocycles. The first kappa shape index (κ1) is 16.6. The molecule has 0 aliphatic carbocycles. The minimum Gasteiger partial charge on any atom is -0.343 e. The summed E-state index contributed by atoms with van der Waals surface area (Å²) in [5.74, 6) is -0.278. The zero-order chi connectivity index (χ0) is 17.9. The highest BCUT2D eigenvalue weighted by Gasteiger charge is 2.34. The first-order valence-electron chi connectivity index (χ1n) is 7.84. The monoisotopic (exact) mass is 455 g/mol. The van der Waals surface area contributed by atoms with Crippen LogP contribution in [0.2, 0.25) is 0 Å². The molecular weight excluding hydrogens is 440 g/mol. The van der Waals surface area contributed by atoms with Gasteiger partial charge in [0, 0.05) is 19.6 Å². The summed E-state index contributed by atoms with van der Waals surface area (Å²) in [6.07, 6.45) is 3.08. The Hall–Kier alpha value is -1.88. The number of carbonyl (C=O) groups is 1. The standard InChI is InChI=1S/C16H15FIN5O2/c1-8-13(17)14-12-9(19-8)3-4-11(24)10-7-21(2)5-6-22(10)15(12)20-16(25)23(14)18/h3-4,10H,5-7H2,1-2H3. The van der Waals surface area contributed by atoms with Crippen molar-refractivity contribution in [3.63, 3.8) is 0 Å². The highest BCUT2D eigenvalue weighted by molar-refractivity contribution is 14.1. The molecule has 0 amide bonds. The van der Waals surface area contributed by atoms with Gasteiger partial charge >= 0.3 is 5.69 Å². The second-order valence-electron chi connectivity index (χ2n) is 6.33. The zero-order valence-corrected chi connectivity index (χ0v) is 15.8. The van der Waals surface area contributed by atoms with Gasteiger partial charge in [0.05, 0.1) is 39.6 Å². The van der Waals surface area contributed by atoms with Crippen molar-refractivity contribution in [3.05, 3.63) is 33.8 Å². The predicted octanol–water partition coefficient (Wildman–Crippen LogP) is 1.15. The van der Waals surface area contributed by atoms with E-state index in [0.717, 1.165) is 6.54 Å². The molecule has 1 atom stereocenters. The van der Waals surface area contributed by atoms with Crippen molar-refractivity contribution < 1.29 is 9.18 Å². The first-order valence-corrected chi connectivity index (χ1v) is 8.81. The van der Waals surface area contributed by atoms with Gasteiger partial charge in [-0.2, -0.15) is 4.98 Å². The molecule has 25 heavy (non-hydrogen) atoms. The van der Waals surface area contributed by atoms with Gasteiger partial charge in [-0.1, -0.05) is 0 Å². The summed E-state index contributed by atoms with van der Waals surface area (Å²) in [6.45, 7) is 3.32. The van der Waals surface area contributed by atoms with Gasteiger partial charge < -0.3 is 9.80 Å². The molecule has 0 saturated carbocycles. The van der Waals surface area contributed by atoms with E-state index in [0.29, 0.717) is 30.0 Å². The first-order chi connectivity index (χ1) is 11.9. The zero-order valence-electron chi connectivity index (χ0n) is 13.7. The number of aromatic nitrogens is 3. The molecule has 0 N–H and O–H groups in total. The van der Waals surface area contributed by atoms with Gasteiger partial charge in [-0.25, -0.2) is 16.9 Å². The summed E-state index contributed by atoms with van der Waals surface area (Å²) in [4.78, 5) is 37.3. The summed E-state index contributed by atoms with van der Waals surface area (Å²) >= 11 is 1.75. The quantitative estimate of drug-likeness (QED) is 0.556. The Morgan fingerprint density at radius 1 is 1.24 bits per heavy atom. The van der Waals surface area contributed by atoms with Crippen molar-refractivity contribution in [3.8, 4) is 0 Å². The number of fused-ring (bicyclic) bond motifs is 2. The van der Waals surface area contributed by atoms with E-state index in [1.807, 2.05) is 11.9 Å². The molecule has 9 heteroatoms. The van der Waals surface area contributed by atoms with Crippen molar-refractivity contribution >= 4 is 51.4 Å². The largest absolute Gasteiger partial charge is 0.359 e. The minimum atomic E-state index is -0.562. The van der Waals surface area contributed by atoms with Crippen LogP contribution in [0.5, 0.6) is 0 Å². The predicted molar refractivity (Wildman–Crippen MR) is 101 cm³/mol. The second kappa shape index (κ2) is 5.84. The van der Waals surface area contributed by atoms with E-state index in [-0.39, 0.29) is 17.0 Å². The van der Waals surface area contributed by atoms with Crippen LogP contribution in [0.15, 0.2) is 10.9 Å². The van der Waals surface area contributed by atoms with Gasteiger partial charge in [-0.3, -0.25) is 4.79 Å². The molecule has 0 radical (unpaired) electrons. The highest BCUT2D eigenvalue weighted by Crippen LogP contribution is 2.33. The highest BCUT2D eigenvalue weighted by atomic mass is 127. The van der Waals surface area contributed by atoms with E-state index in [9.17, 15) is 14.0 Å². The lowest BCUT2D eigenvalue weighted by atomic mass is 10.0. The van der Waals surface area contributed by atoms with Gasteiger partial charge in [0.2, 0.25) is 0 Å². The topological polar surface area (TPSA) is 71.3 Å². The number of piperazine rings is 1. The smallest absolute Gasteiger partial charge is 0.343 e. The lowest BCUT2D eigenvalue weighted by molar-refractivity contribution is -0.116. The third kappa shape index (κ3) is 2.48. The lowest BCUT2D eigenvalue weighted by Gasteiger charge is -2.40. The summed E-state index contributed by atoms with van der Waals surface area (Å²) in [5.41, 5.74) is 0.229. The minimum absolute atomic E-state index is 0.0745. The fraction of sp³-hybridized carbons (Fsp3) is 0.375. The Balaban J connectivity index is 2.13. The molecule has 0 spiro atoms. The molecule has 1 unspecified atom stereocenters. The summed E-state index contributed by atoms with van der Waals surface area (Å²) in [7, 11) is 1.94. The van der Waals surface area contributed by atoms with Crippen LogP contribution in [0.1, 0.15) is 11.4 Å². The number of nitrogens with zero attached hydrogens (tertiary/aromatic N) is 5. The maximum absolute atomic E-state index is 14.8. The number of carbonyl (C=O) groups excluding carboxylic acids is 1. The molecule has 4 heterocycles. The maximum atomic E-state index is 14.8. The Bertz CT molecular complexity index is 1000. The number of pyridine rings is 1. The number of hydrogen-bond donors (Lipinski definition) is 0. The SMILES string of the molecule is Cc1nc2c3c(nc(=O)n(I)c3c1F)N1CCN(C)CC1C(=O)C=C2. The average molecular weight is 455 g/mol. The number of anilines is 1. The number of hydrogen-bond acceptors (Lipinski definition) is 6. The van der Waals surface area contributed by atoms with Gasteiger partial charge in [0.25, 0.3) is 0 Å². The molecule has 130 valence electrons. The van der Waals surface area contributed by atoms with Crippen LogP contribution in [-0.4, -0.2) is 56.2 Å². The van der Waals surface area contributed by atoms with Crippen molar-refractivity contribution in [1.82, 2.24) is 17.6 Å². The second-order valence-corrected chi connectivity index (χ2v) is 7.29. The van der Waals surface area contributed by atoms with Crippen LogP contribution >= 0.6 is 22.9 Å². The molecule has 1 fully saturated rings. The Labute approximate surface area is 156 Å². The maximum Gasteiger partial charge on any atom is 0.359 e. The number of ketones is 1. The van der Waals surface area contributed by atoms with E-state index >= 15 is 0 Å². The Kier molecular flexibility index (Phi) is 3.87. The summed E-state index contributed by atoms with van der Waals surface area (Å²) in [5, 5.41) is 0.468. The van der Waals surface area contributed by atoms with E-state index < -0.39 is 17.5 Å². The molecule has 2 aromatic rings. The normalized spacial score (nSPS) is 20.6. The lowest BCUT2D eigenvalue weighted by Crippen LogP contribution is -2.56. The van der Waals surface area contributed by atoms with Crippen LogP contribution in [0, 0.1) is 12.7 Å². The number of halogens is 2. The number of likely N-dealkylation sites (N-methyl/N-ethyl adjacent to an activating group) is 1. The Morgan fingerprint density at radius 2 is 2.00 bits per heavy atom. The fourth-order valence-electron chi connectivity index (χ4n) is 3.40. The van der Waals surface area contributed by atoms with Crippen LogP contribution < -0.4 is 10.6 Å². The molecule has 0 bridgehead atoms. The Morgan fingerprint density at radius 3 is 2.76 bits per heavy atom. The molecule has 4 rings (SSSR count). The molecule has 2 aliphatic heterocycles. The van der Waals surface area contributed by atoms with Crippen molar-refractivity contribution in [2.45, 2.75) is 13.0 Å². The van der Waals surface area contributed by atoms with Crippen molar-refractivity contribution in [1.29, 1.82) is 0 Å². The third-order valence-electron chi connectivity index (χ3n) is 4.69. The van der Waals surface area contributed by atoms with E-state index in [1.54, 1.807) is 35.9 Å². The summed E-state index contributed by atoms with van der Waals surface area (Å²) < 4.78 is 16.0. The van der Waals surface area contributed by atoms with E-state index in [2.05, 4.69) is 14.9 Å². The van der Waals surface area contributed by atoms with Gasteiger partial charge in [-0.05, 0) is 26.1 Å². The van der Waals surface area contributed by atoms with Crippen LogP contribution in [0.3, 0.4) is 0 Å². The molecule has 2 aliphatic rings. The number of rotatable bonds is 0. The fourth-order valence-corrected chi connectivity index (χ4v) is 3.96. The average Bonchev–Trinajstić information content (AvgIpc) is 2.58. The van der Waals surface area contributed by atoms with Crippen molar-refractivity contribution in [2.75, 3.05) is 31.6 Å². The van der Waals surface area contributed by atoms with Gasteiger partial charge in [0.15, 0.2) is 11.6 Å². The van der Waals surface area contributed by atoms with Crippen molar-refractivity contribution in [2.24, 2.45) is 0 Å². The van der Waals surface area contributed by atoms with Crippen LogP contribution in [0.4, 0.5) is 10.2 Å². The van der Waals surface area contributed by atoms with Gasteiger partial charge in [-0.15, -0.1) is 0 Å². The van der Waals surface area contributed by atoms with Crippen LogP contribution in [0.25, 0.3) is 17.0 Å². The third-order valence-corrected chi connectivity index (χ3v) is 5.58. The molecule has 2 aromatic heterocycles. The molecular formula is C16H15FIN5O2. The molecule has 0 aromatic carbocycles. The van der Waals surface area contributed by atoms with E-state index in [4.69, 9.17) is 0 Å².